The third kappa shape index (κ3) is 2.71. The molecule has 128 valence electrons. The van der Waals surface area contributed by atoms with Crippen LogP contribution in [0.15, 0.2) is 48.0 Å². The fourth-order valence-electron chi connectivity index (χ4n) is 3.60. The number of ether oxygens (including phenoxy) is 2. The number of aryl methyl sites for hydroxylation is 1. The molecule has 5 heteroatoms. The van der Waals surface area contributed by atoms with E-state index < -0.39 is 0 Å². The van der Waals surface area contributed by atoms with Crippen molar-refractivity contribution in [3.63, 3.8) is 0 Å². The van der Waals surface area contributed by atoms with Crippen LogP contribution >= 0.6 is 0 Å². The molecule has 1 heterocycles. The molecular formula is C20H20N2O3. The van der Waals surface area contributed by atoms with Crippen molar-refractivity contribution in [1.29, 1.82) is 0 Å². The summed E-state index contributed by atoms with van der Waals surface area (Å²) in [6, 6.07) is 13.6. The van der Waals surface area contributed by atoms with Gasteiger partial charge in [0.25, 0.3) is 0 Å². The van der Waals surface area contributed by atoms with E-state index in [-0.39, 0.29) is 12.1 Å². The summed E-state index contributed by atoms with van der Waals surface area (Å²) in [5.74, 6) is 1.65. The number of amides is 2. The second-order valence-corrected chi connectivity index (χ2v) is 6.23. The maximum atomic E-state index is 12.3. The van der Waals surface area contributed by atoms with Gasteiger partial charge in [-0.15, -0.1) is 0 Å². The maximum Gasteiger partial charge on any atom is 0.319 e. The van der Waals surface area contributed by atoms with Crippen molar-refractivity contribution in [1.82, 2.24) is 10.6 Å². The van der Waals surface area contributed by atoms with Crippen molar-refractivity contribution in [2.24, 2.45) is 0 Å². The maximum absolute atomic E-state index is 12.3. The SMILES string of the molecule is COc1ccc(C2NC(=O)NC3=C2CCc2cc(OC)ccc23)cc1. The summed E-state index contributed by atoms with van der Waals surface area (Å²) in [6.07, 6.45) is 1.81. The van der Waals surface area contributed by atoms with Crippen LogP contribution in [0, 0.1) is 0 Å². The third-order valence-corrected chi connectivity index (χ3v) is 4.88. The molecule has 4 rings (SSSR count). The minimum absolute atomic E-state index is 0.120. The van der Waals surface area contributed by atoms with Gasteiger partial charge in [-0.25, -0.2) is 4.79 Å². The van der Waals surface area contributed by atoms with E-state index in [0.717, 1.165) is 41.2 Å². The van der Waals surface area contributed by atoms with Crippen LogP contribution in [0.5, 0.6) is 11.5 Å². The zero-order valence-electron chi connectivity index (χ0n) is 14.3. The van der Waals surface area contributed by atoms with E-state index in [4.69, 9.17) is 9.47 Å². The van der Waals surface area contributed by atoms with Crippen molar-refractivity contribution in [3.05, 3.63) is 64.7 Å². The molecule has 0 radical (unpaired) electrons. The first-order valence-electron chi connectivity index (χ1n) is 8.31. The van der Waals surface area contributed by atoms with E-state index >= 15 is 0 Å². The Morgan fingerprint density at radius 2 is 1.68 bits per heavy atom. The molecule has 0 fully saturated rings. The van der Waals surface area contributed by atoms with Gasteiger partial charge < -0.3 is 20.1 Å². The highest BCUT2D eigenvalue weighted by Crippen LogP contribution is 2.39. The Hall–Kier alpha value is -2.95. The molecular weight excluding hydrogens is 316 g/mol. The summed E-state index contributed by atoms with van der Waals surface area (Å²) in [5, 5.41) is 6.05. The average molecular weight is 336 g/mol. The summed E-state index contributed by atoms with van der Waals surface area (Å²) < 4.78 is 10.6. The first kappa shape index (κ1) is 15.6. The highest BCUT2D eigenvalue weighted by Gasteiger charge is 2.32. The Labute approximate surface area is 146 Å². The normalized spacial score (nSPS) is 18.6. The number of urea groups is 1. The molecule has 2 aromatic carbocycles. The van der Waals surface area contributed by atoms with Gasteiger partial charge in [-0.3, -0.25) is 0 Å². The van der Waals surface area contributed by atoms with Crippen molar-refractivity contribution >= 4 is 11.7 Å². The topological polar surface area (TPSA) is 59.6 Å². The Kier molecular flexibility index (Phi) is 3.84. The number of fused-ring (bicyclic) bond motifs is 2. The summed E-state index contributed by atoms with van der Waals surface area (Å²) in [6.45, 7) is 0. The molecule has 0 spiro atoms. The second kappa shape index (κ2) is 6.16. The lowest BCUT2D eigenvalue weighted by Crippen LogP contribution is -2.44. The number of rotatable bonds is 3. The van der Waals surface area contributed by atoms with Gasteiger partial charge in [-0.2, -0.15) is 0 Å². The standard InChI is InChI=1S/C20H20N2O3/c1-24-14-6-3-12(4-7-14)18-17-9-5-13-11-15(25-2)8-10-16(13)19(17)22-20(23)21-18/h3-4,6-8,10-11,18H,5,9H2,1-2H3,(H2,21,22,23). The minimum atomic E-state index is -0.178. The summed E-state index contributed by atoms with van der Waals surface area (Å²) in [5.41, 5.74) is 5.47. The molecule has 0 bridgehead atoms. The highest BCUT2D eigenvalue weighted by atomic mass is 16.5. The zero-order valence-corrected chi connectivity index (χ0v) is 14.3. The lowest BCUT2D eigenvalue weighted by atomic mass is 9.82. The molecule has 2 aliphatic rings. The summed E-state index contributed by atoms with van der Waals surface area (Å²) in [4.78, 5) is 12.3. The highest BCUT2D eigenvalue weighted by molar-refractivity contribution is 5.91. The van der Waals surface area contributed by atoms with Crippen molar-refractivity contribution in [2.45, 2.75) is 18.9 Å². The van der Waals surface area contributed by atoms with Crippen molar-refractivity contribution < 1.29 is 14.3 Å². The predicted octanol–water partition coefficient (Wildman–Crippen LogP) is 3.42. The summed E-state index contributed by atoms with van der Waals surface area (Å²) in [7, 11) is 3.32. The fraction of sp³-hybridized carbons (Fsp3) is 0.250. The van der Waals surface area contributed by atoms with Crippen LogP contribution in [-0.4, -0.2) is 20.3 Å². The predicted molar refractivity (Wildman–Crippen MR) is 95.6 cm³/mol. The minimum Gasteiger partial charge on any atom is -0.497 e. The van der Waals surface area contributed by atoms with Crippen molar-refractivity contribution in [2.75, 3.05) is 14.2 Å². The number of carbonyl (C=O) groups excluding carboxylic acids is 1. The van der Waals surface area contributed by atoms with Crippen LogP contribution in [0.3, 0.4) is 0 Å². The molecule has 2 N–H and O–H groups in total. The Bertz CT molecular complexity index is 856. The van der Waals surface area contributed by atoms with E-state index in [1.807, 2.05) is 36.4 Å². The van der Waals surface area contributed by atoms with E-state index in [2.05, 4.69) is 16.7 Å². The fourth-order valence-corrected chi connectivity index (χ4v) is 3.60. The number of nitrogens with one attached hydrogen (secondary N) is 2. The lowest BCUT2D eigenvalue weighted by Gasteiger charge is -2.34. The van der Waals surface area contributed by atoms with Gasteiger partial charge >= 0.3 is 6.03 Å². The van der Waals surface area contributed by atoms with Gasteiger partial charge in [0.2, 0.25) is 0 Å². The molecule has 2 aromatic rings. The Morgan fingerprint density at radius 1 is 0.960 bits per heavy atom. The van der Waals surface area contributed by atoms with E-state index in [9.17, 15) is 4.79 Å². The van der Waals surface area contributed by atoms with Gasteiger partial charge in [-0.05, 0) is 59.9 Å². The molecule has 5 nitrogen and oxygen atoms in total. The Balaban J connectivity index is 1.78. The van der Waals surface area contributed by atoms with Crippen molar-refractivity contribution in [3.8, 4) is 11.5 Å². The van der Waals surface area contributed by atoms with Crippen LogP contribution in [0.4, 0.5) is 4.79 Å². The van der Waals surface area contributed by atoms with Crippen LogP contribution in [-0.2, 0) is 6.42 Å². The molecule has 0 saturated carbocycles. The Morgan fingerprint density at radius 3 is 2.40 bits per heavy atom. The van der Waals surface area contributed by atoms with Crippen LogP contribution < -0.4 is 20.1 Å². The van der Waals surface area contributed by atoms with Gasteiger partial charge in [0.05, 0.1) is 26.0 Å². The summed E-state index contributed by atoms with van der Waals surface area (Å²) >= 11 is 0. The first-order valence-corrected chi connectivity index (χ1v) is 8.31. The molecule has 2 amide bonds. The van der Waals surface area contributed by atoms with Gasteiger partial charge in [0, 0.05) is 5.56 Å². The smallest absolute Gasteiger partial charge is 0.319 e. The van der Waals surface area contributed by atoms with Crippen LogP contribution in [0.1, 0.15) is 29.2 Å². The van der Waals surface area contributed by atoms with Crippen LogP contribution in [0.2, 0.25) is 0 Å². The van der Waals surface area contributed by atoms with E-state index in [1.165, 1.54) is 11.1 Å². The molecule has 1 unspecified atom stereocenters. The van der Waals surface area contributed by atoms with Gasteiger partial charge in [-0.1, -0.05) is 12.1 Å². The largest absolute Gasteiger partial charge is 0.497 e. The van der Waals surface area contributed by atoms with Gasteiger partial charge in [0.15, 0.2) is 0 Å². The molecule has 0 saturated heterocycles. The quantitative estimate of drug-likeness (QED) is 0.903. The third-order valence-electron chi connectivity index (χ3n) is 4.88. The lowest BCUT2D eigenvalue weighted by molar-refractivity contribution is 0.240. The molecule has 1 atom stereocenters. The molecule has 25 heavy (non-hydrogen) atoms. The van der Waals surface area contributed by atoms with E-state index in [0.29, 0.717) is 0 Å². The first-order chi connectivity index (χ1) is 12.2. The number of hydrogen-bond acceptors (Lipinski definition) is 3. The van der Waals surface area contributed by atoms with E-state index in [1.54, 1.807) is 14.2 Å². The monoisotopic (exact) mass is 336 g/mol. The molecule has 1 aliphatic heterocycles. The molecule has 1 aliphatic carbocycles. The number of hydrogen-bond donors (Lipinski definition) is 2. The number of benzene rings is 2. The van der Waals surface area contributed by atoms with Crippen LogP contribution in [0.25, 0.3) is 5.70 Å². The second-order valence-electron chi connectivity index (χ2n) is 6.23. The average Bonchev–Trinajstić information content (AvgIpc) is 2.66. The number of methoxy groups -OCH3 is 2. The van der Waals surface area contributed by atoms with Gasteiger partial charge in [0.1, 0.15) is 11.5 Å². The number of carbonyl (C=O) groups is 1. The zero-order chi connectivity index (χ0) is 17.4. The molecule has 0 aromatic heterocycles.